The van der Waals surface area contributed by atoms with Crippen LogP contribution in [0.15, 0.2) is 54.6 Å². The lowest BCUT2D eigenvalue weighted by Gasteiger charge is -2.22. The number of nitrogens with zero attached hydrogens (tertiary/aromatic N) is 2. The van der Waals surface area contributed by atoms with Gasteiger partial charge in [0.05, 0.1) is 6.04 Å². The minimum atomic E-state index is -0.0772. The molecule has 2 fully saturated rings. The second-order valence-corrected chi connectivity index (χ2v) is 7.75. The lowest BCUT2D eigenvalue weighted by atomic mass is 9.99. The van der Waals surface area contributed by atoms with E-state index < -0.39 is 0 Å². The largest absolute Gasteiger partial charge is 0.331 e. The van der Waals surface area contributed by atoms with E-state index in [9.17, 15) is 9.59 Å². The zero-order valence-electron chi connectivity index (χ0n) is 16.3. The molecule has 146 valence electrons. The number of hydrogen-bond donors (Lipinski definition) is 1. The van der Waals surface area contributed by atoms with Crippen LogP contribution in [0.3, 0.4) is 0 Å². The van der Waals surface area contributed by atoms with Crippen molar-refractivity contribution in [2.24, 2.45) is 0 Å². The summed E-state index contributed by atoms with van der Waals surface area (Å²) in [6.07, 6.45) is 2.56. The predicted octanol–water partition coefficient (Wildman–Crippen LogP) is 4.07. The molecule has 3 amide bonds. The van der Waals surface area contributed by atoms with E-state index in [0.29, 0.717) is 12.3 Å². The van der Waals surface area contributed by atoms with Gasteiger partial charge in [-0.15, -0.1) is 0 Å². The van der Waals surface area contributed by atoms with Crippen LogP contribution in [0, 0.1) is 0 Å². The van der Waals surface area contributed by atoms with Crippen LogP contribution in [-0.2, 0) is 4.79 Å². The van der Waals surface area contributed by atoms with Gasteiger partial charge in [0.1, 0.15) is 0 Å². The molecule has 0 aliphatic carbocycles. The van der Waals surface area contributed by atoms with Gasteiger partial charge in [-0.3, -0.25) is 4.79 Å². The van der Waals surface area contributed by atoms with E-state index in [1.807, 2.05) is 47.1 Å². The van der Waals surface area contributed by atoms with Crippen molar-refractivity contribution in [2.75, 3.05) is 24.5 Å². The number of carbonyl (C=O) groups excluding carboxylic acids is 2. The molecular weight excluding hydrogens is 350 g/mol. The van der Waals surface area contributed by atoms with Crippen molar-refractivity contribution < 1.29 is 9.59 Å². The molecule has 28 heavy (non-hydrogen) atoms. The highest BCUT2D eigenvalue weighted by atomic mass is 16.2. The second-order valence-electron chi connectivity index (χ2n) is 7.75. The maximum atomic E-state index is 12.7. The summed E-state index contributed by atoms with van der Waals surface area (Å²) in [4.78, 5) is 28.3. The van der Waals surface area contributed by atoms with Crippen LogP contribution < -0.4 is 10.2 Å². The summed E-state index contributed by atoms with van der Waals surface area (Å²) in [6, 6.07) is 18.3. The van der Waals surface area contributed by atoms with E-state index in [4.69, 9.17) is 0 Å². The topological polar surface area (TPSA) is 52.7 Å². The molecule has 5 heteroatoms. The molecular formula is C23H27N3O2. The van der Waals surface area contributed by atoms with E-state index in [1.165, 1.54) is 5.56 Å². The highest BCUT2D eigenvalue weighted by Crippen LogP contribution is 2.28. The van der Waals surface area contributed by atoms with Gasteiger partial charge >= 0.3 is 6.03 Å². The Balaban J connectivity index is 1.34. The fraction of sp³-hybridized carbons (Fsp3) is 0.391. The highest BCUT2D eigenvalue weighted by molar-refractivity contribution is 5.95. The lowest BCUT2D eigenvalue weighted by Crippen LogP contribution is -2.39. The van der Waals surface area contributed by atoms with Crippen LogP contribution in [0.1, 0.15) is 49.3 Å². The summed E-state index contributed by atoms with van der Waals surface area (Å²) in [5, 5.41) is 3.11. The normalized spacial score (nSPS) is 20.5. The summed E-state index contributed by atoms with van der Waals surface area (Å²) >= 11 is 0. The Morgan fingerprint density at radius 2 is 1.82 bits per heavy atom. The Labute approximate surface area is 166 Å². The number of amides is 3. The van der Waals surface area contributed by atoms with Crippen LogP contribution in [0.25, 0.3) is 0 Å². The first-order valence-corrected chi connectivity index (χ1v) is 10.1. The van der Waals surface area contributed by atoms with Crippen molar-refractivity contribution >= 4 is 17.6 Å². The minimum Gasteiger partial charge on any atom is -0.331 e. The summed E-state index contributed by atoms with van der Waals surface area (Å²) in [5.74, 6) is 0.607. The Hall–Kier alpha value is -2.82. The van der Waals surface area contributed by atoms with Crippen molar-refractivity contribution in [1.82, 2.24) is 10.2 Å². The standard InChI is InChI=1S/C23H27N3O2/c1-17(18-9-11-21(12-10-18)26-14-5-8-22(26)27)24-23(28)25-15-13-20(16-25)19-6-3-2-4-7-19/h2-4,6-7,9-12,17,20H,5,8,13-16H2,1H3,(H,24,28)/t17-,20+/m1/s1. The van der Waals surface area contributed by atoms with Crippen LogP contribution in [0.5, 0.6) is 0 Å². The van der Waals surface area contributed by atoms with Crippen LogP contribution in [-0.4, -0.2) is 36.5 Å². The quantitative estimate of drug-likeness (QED) is 0.873. The van der Waals surface area contributed by atoms with Gasteiger partial charge in [0, 0.05) is 37.7 Å². The Kier molecular flexibility index (Phi) is 5.33. The fourth-order valence-electron chi connectivity index (χ4n) is 4.17. The molecule has 2 saturated heterocycles. The van der Waals surface area contributed by atoms with E-state index in [1.54, 1.807) is 0 Å². The van der Waals surface area contributed by atoms with Crippen molar-refractivity contribution in [3.8, 4) is 0 Å². The molecule has 0 aromatic heterocycles. The molecule has 5 nitrogen and oxygen atoms in total. The minimum absolute atomic E-state index is 0.00951. The molecule has 2 aromatic carbocycles. The van der Waals surface area contributed by atoms with E-state index >= 15 is 0 Å². The maximum Gasteiger partial charge on any atom is 0.317 e. The molecule has 0 unspecified atom stereocenters. The number of hydrogen-bond acceptors (Lipinski definition) is 2. The number of likely N-dealkylation sites (tertiary alicyclic amines) is 1. The third kappa shape index (κ3) is 3.88. The van der Waals surface area contributed by atoms with Gasteiger partial charge in [0.2, 0.25) is 5.91 Å². The Bertz CT molecular complexity index is 835. The second kappa shape index (κ2) is 8.05. The van der Waals surface area contributed by atoms with E-state index in [2.05, 4.69) is 29.6 Å². The molecule has 0 bridgehead atoms. The third-order valence-corrected chi connectivity index (χ3v) is 5.86. The molecule has 0 saturated carbocycles. The van der Waals surface area contributed by atoms with Gasteiger partial charge in [-0.25, -0.2) is 4.79 Å². The van der Waals surface area contributed by atoms with Crippen molar-refractivity contribution in [2.45, 2.75) is 38.1 Å². The van der Waals surface area contributed by atoms with Gasteiger partial charge in [0.15, 0.2) is 0 Å². The number of urea groups is 1. The Morgan fingerprint density at radius 3 is 2.50 bits per heavy atom. The van der Waals surface area contributed by atoms with E-state index in [-0.39, 0.29) is 18.0 Å². The fourth-order valence-corrected chi connectivity index (χ4v) is 4.17. The maximum absolute atomic E-state index is 12.7. The number of benzene rings is 2. The molecule has 0 spiro atoms. The summed E-state index contributed by atoms with van der Waals surface area (Å²) in [6.45, 7) is 4.34. The number of nitrogens with one attached hydrogen (secondary N) is 1. The predicted molar refractivity (Wildman–Crippen MR) is 110 cm³/mol. The van der Waals surface area contributed by atoms with Gasteiger partial charge in [0.25, 0.3) is 0 Å². The Morgan fingerprint density at radius 1 is 1.07 bits per heavy atom. The first-order valence-electron chi connectivity index (χ1n) is 10.1. The zero-order chi connectivity index (χ0) is 19.5. The molecule has 2 aliphatic heterocycles. The molecule has 2 aromatic rings. The lowest BCUT2D eigenvalue weighted by molar-refractivity contribution is -0.117. The van der Waals surface area contributed by atoms with Crippen LogP contribution in [0.2, 0.25) is 0 Å². The average Bonchev–Trinajstić information content (AvgIpc) is 3.38. The van der Waals surface area contributed by atoms with Gasteiger partial charge in [-0.2, -0.15) is 0 Å². The molecule has 0 radical (unpaired) electrons. The number of rotatable bonds is 4. The third-order valence-electron chi connectivity index (χ3n) is 5.86. The van der Waals surface area contributed by atoms with Gasteiger partial charge in [-0.05, 0) is 43.0 Å². The first-order chi connectivity index (χ1) is 13.6. The average molecular weight is 377 g/mol. The monoisotopic (exact) mass is 377 g/mol. The highest BCUT2D eigenvalue weighted by Gasteiger charge is 2.28. The van der Waals surface area contributed by atoms with Crippen LogP contribution in [0.4, 0.5) is 10.5 Å². The van der Waals surface area contributed by atoms with Crippen molar-refractivity contribution in [1.29, 1.82) is 0 Å². The van der Waals surface area contributed by atoms with Gasteiger partial charge in [-0.1, -0.05) is 42.5 Å². The summed E-state index contributed by atoms with van der Waals surface area (Å²) < 4.78 is 0. The SMILES string of the molecule is C[C@@H](NC(=O)N1CC[C@H](c2ccccc2)C1)c1ccc(N2CCCC2=O)cc1. The number of anilines is 1. The smallest absolute Gasteiger partial charge is 0.317 e. The van der Waals surface area contributed by atoms with E-state index in [0.717, 1.165) is 43.7 Å². The molecule has 4 rings (SSSR count). The summed E-state index contributed by atoms with van der Waals surface area (Å²) in [5.41, 5.74) is 3.29. The molecule has 2 aliphatic rings. The number of carbonyl (C=O) groups is 2. The molecule has 2 atom stereocenters. The molecule has 1 N–H and O–H groups in total. The van der Waals surface area contributed by atoms with Crippen molar-refractivity contribution in [3.05, 3.63) is 65.7 Å². The summed E-state index contributed by atoms with van der Waals surface area (Å²) in [7, 11) is 0. The zero-order valence-corrected chi connectivity index (χ0v) is 16.3. The first kappa shape index (κ1) is 18.5. The molecule has 2 heterocycles. The van der Waals surface area contributed by atoms with Crippen molar-refractivity contribution in [3.63, 3.8) is 0 Å². The van der Waals surface area contributed by atoms with Gasteiger partial charge < -0.3 is 15.1 Å². The van der Waals surface area contributed by atoms with Crippen LogP contribution >= 0.6 is 0 Å².